The Kier molecular flexibility index (Phi) is 4.21. The molecule has 1 N–H and O–H groups in total. The Morgan fingerprint density at radius 3 is 2.85 bits per heavy atom. The maximum Gasteiger partial charge on any atom is 0.270 e. The molecule has 2 rings (SSSR count). The summed E-state index contributed by atoms with van der Waals surface area (Å²) in [5.74, 6) is 0. The average Bonchev–Trinajstić information content (AvgIpc) is 2.86. The van der Waals surface area contributed by atoms with E-state index in [4.69, 9.17) is 11.6 Å². The highest BCUT2D eigenvalue weighted by Gasteiger charge is 2.13. The smallest absolute Gasteiger partial charge is 0.258 e. The van der Waals surface area contributed by atoms with E-state index >= 15 is 0 Å². The first-order valence-electron chi connectivity index (χ1n) is 5.18. The van der Waals surface area contributed by atoms with Crippen LogP contribution >= 0.6 is 22.9 Å². The number of alkyl halides is 1. The number of nitrogens with zero attached hydrogens (tertiary/aromatic N) is 2. The van der Waals surface area contributed by atoms with E-state index < -0.39 is 20.2 Å². The van der Waals surface area contributed by atoms with E-state index in [9.17, 15) is 18.5 Å². The fraction of sp³-hybridized carbons (Fsp3) is 0.100. The van der Waals surface area contributed by atoms with E-state index in [1.54, 1.807) is 11.4 Å². The van der Waals surface area contributed by atoms with Crippen LogP contribution in [-0.4, -0.2) is 23.5 Å². The van der Waals surface area contributed by atoms with Gasteiger partial charge < -0.3 is 0 Å². The minimum atomic E-state index is -3.61. The molecule has 0 spiro atoms. The largest absolute Gasteiger partial charge is 0.270 e. The lowest BCUT2D eigenvalue weighted by atomic mass is 10.1. The number of hydrogen-bond donors (Lipinski definition) is 1. The van der Waals surface area contributed by atoms with E-state index in [-0.39, 0.29) is 10.8 Å². The lowest BCUT2D eigenvalue weighted by molar-refractivity contribution is -0.384. The van der Waals surface area contributed by atoms with Gasteiger partial charge in [-0.3, -0.25) is 14.8 Å². The van der Waals surface area contributed by atoms with Crippen molar-refractivity contribution in [3.05, 3.63) is 39.8 Å². The van der Waals surface area contributed by atoms with Crippen molar-refractivity contribution in [3.8, 4) is 11.3 Å². The van der Waals surface area contributed by atoms with Crippen molar-refractivity contribution in [2.45, 2.75) is 0 Å². The molecule has 2 aromatic rings. The molecule has 0 aliphatic heterocycles. The van der Waals surface area contributed by atoms with Crippen molar-refractivity contribution in [1.82, 2.24) is 4.98 Å². The molecule has 0 atom stereocenters. The number of hydrogen-bond acceptors (Lipinski definition) is 6. The third-order valence-corrected chi connectivity index (χ3v) is 4.78. The van der Waals surface area contributed by atoms with Gasteiger partial charge in [0.2, 0.25) is 10.0 Å². The molecule has 0 saturated carbocycles. The topological polar surface area (TPSA) is 102 Å². The van der Waals surface area contributed by atoms with Crippen LogP contribution in [0.3, 0.4) is 0 Å². The Bertz CT molecular complexity index is 744. The number of aromatic nitrogens is 1. The Labute approximate surface area is 123 Å². The average molecular weight is 334 g/mol. The summed E-state index contributed by atoms with van der Waals surface area (Å²) in [5, 5.41) is 11.9. The molecule has 0 amide bonds. The summed E-state index contributed by atoms with van der Waals surface area (Å²) in [5.41, 5.74) is 0.927. The van der Waals surface area contributed by atoms with Crippen molar-refractivity contribution in [2.75, 3.05) is 9.93 Å². The van der Waals surface area contributed by atoms with E-state index in [1.165, 1.54) is 18.2 Å². The van der Waals surface area contributed by atoms with Crippen molar-refractivity contribution >= 4 is 43.8 Å². The zero-order valence-electron chi connectivity index (χ0n) is 9.82. The van der Waals surface area contributed by atoms with Gasteiger partial charge >= 0.3 is 0 Å². The van der Waals surface area contributed by atoms with Gasteiger partial charge in [-0.2, -0.15) is 0 Å². The SMILES string of the molecule is O=[N+]([O-])c1cccc(-c2csc(NS(=O)(=O)CCl)n2)c1. The maximum absolute atomic E-state index is 11.3. The molecule has 10 heteroatoms. The van der Waals surface area contributed by atoms with Crippen LogP contribution in [0.25, 0.3) is 11.3 Å². The summed E-state index contributed by atoms with van der Waals surface area (Å²) >= 11 is 6.34. The van der Waals surface area contributed by atoms with Crippen molar-refractivity contribution < 1.29 is 13.3 Å². The molecule has 20 heavy (non-hydrogen) atoms. The highest BCUT2D eigenvalue weighted by atomic mass is 35.5. The Morgan fingerprint density at radius 2 is 2.20 bits per heavy atom. The van der Waals surface area contributed by atoms with Crippen LogP contribution in [-0.2, 0) is 10.0 Å². The van der Waals surface area contributed by atoms with Crippen molar-refractivity contribution in [1.29, 1.82) is 0 Å². The van der Waals surface area contributed by atoms with Gasteiger partial charge in [-0.1, -0.05) is 12.1 Å². The minimum Gasteiger partial charge on any atom is -0.258 e. The molecular formula is C10H8ClN3O4S2. The summed E-state index contributed by atoms with van der Waals surface area (Å²) in [6.45, 7) is 0. The first-order chi connectivity index (χ1) is 9.41. The molecule has 1 heterocycles. The van der Waals surface area contributed by atoms with Crippen LogP contribution in [0, 0.1) is 10.1 Å². The molecule has 0 aliphatic rings. The summed E-state index contributed by atoms with van der Waals surface area (Å²) in [4.78, 5) is 14.3. The van der Waals surface area contributed by atoms with Gasteiger partial charge in [-0.05, 0) is 0 Å². The predicted molar refractivity (Wildman–Crippen MR) is 77.5 cm³/mol. The second kappa shape index (κ2) is 5.73. The third-order valence-electron chi connectivity index (χ3n) is 2.24. The number of nitrogens with one attached hydrogen (secondary N) is 1. The van der Waals surface area contributed by atoms with Gasteiger partial charge in [0, 0.05) is 23.1 Å². The molecule has 1 aromatic heterocycles. The third kappa shape index (κ3) is 3.44. The van der Waals surface area contributed by atoms with Crippen LogP contribution in [0.15, 0.2) is 29.6 Å². The van der Waals surface area contributed by atoms with E-state index in [2.05, 4.69) is 9.71 Å². The van der Waals surface area contributed by atoms with Crippen LogP contribution in [0.5, 0.6) is 0 Å². The van der Waals surface area contributed by atoms with Crippen molar-refractivity contribution in [2.24, 2.45) is 0 Å². The van der Waals surface area contributed by atoms with E-state index in [0.29, 0.717) is 11.3 Å². The molecule has 0 aliphatic carbocycles. The fourth-order valence-corrected chi connectivity index (χ4v) is 3.06. The zero-order valence-corrected chi connectivity index (χ0v) is 12.2. The maximum atomic E-state index is 11.3. The first-order valence-corrected chi connectivity index (χ1v) is 8.25. The van der Waals surface area contributed by atoms with Gasteiger partial charge in [0.05, 0.1) is 10.6 Å². The number of anilines is 1. The molecule has 0 unspecified atom stereocenters. The predicted octanol–water partition coefficient (Wildman–Crippen LogP) is 2.66. The van der Waals surface area contributed by atoms with Gasteiger partial charge in [0.25, 0.3) is 5.69 Å². The fourth-order valence-electron chi connectivity index (χ4n) is 1.39. The van der Waals surface area contributed by atoms with E-state index in [0.717, 1.165) is 11.3 Å². The summed E-state index contributed by atoms with van der Waals surface area (Å²) in [6.07, 6.45) is 0. The number of benzene rings is 1. The molecule has 0 saturated heterocycles. The molecule has 0 bridgehead atoms. The highest BCUT2D eigenvalue weighted by molar-refractivity contribution is 7.94. The molecule has 0 radical (unpaired) electrons. The summed E-state index contributed by atoms with van der Waals surface area (Å²) in [6, 6.07) is 5.93. The van der Waals surface area contributed by atoms with Crippen LogP contribution < -0.4 is 4.72 Å². The second-order valence-electron chi connectivity index (χ2n) is 3.67. The number of sulfonamides is 1. The second-order valence-corrected chi connectivity index (χ2v) is 6.84. The first kappa shape index (κ1) is 14.7. The van der Waals surface area contributed by atoms with Crippen LogP contribution in [0.2, 0.25) is 0 Å². The Morgan fingerprint density at radius 1 is 1.45 bits per heavy atom. The van der Waals surface area contributed by atoms with Crippen LogP contribution in [0.4, 0.5) is 10.8 Å². The molecule has 7 nitrogen and oxygen atoms in total. The normalized spacial score (nSPS) is 11.2. The van der Waals surface area contributed by atoms with Gasteiger partial charge in [-0.25, -0.2) is 13.4 Å². The lowest BCUT2D eigenvalue weighted by Gasteiger charge is -2.00. The molecular weight excluding hydrogens is 326 g/mol. The Hall–Kier alpha value is -1.71. The van der Waals surface area contributed by atoms with Gasteiger partial charge in [0.1, 0.15) is 5.21 Å². The van der Waals surface area contributed by atoms with Crippen LogP contribution in [0.1, 0.15) is 0 Å². The minimum absolute atomic E-state index is 0.0570. The number of rotatable bonds is 5. The monoisotopic (exact) mass is 333 g/mol. The molecule has 0 fully saturated rings. The number of non-ortho nitro benzene ring substituents is 1. The number of nitro benzene ring substituents is 1. The highest BCUT2D eigenvalue weighted by Crippen LogP contribution is 2.27. The quantitative estimate of drug-likeness (QED) is 0.514. The Balaban J connectivity index is 2.29. The van der Waals surface area contributed by atoms with Gasteiger partial charge in [0.15, 0.2) is 5.13 Å². The lowest BCUT2D eigenvalue weighted by Crippen LogP contribution is -2.13. The zero-order chi connectivity index (χ0) is 14.8. The summed E-state index contributed by atoms with van der Waals surface area (Å²) < 4.78 is 24.8. The number of nitro groups is 1. The molecule has 1 aromatic carbocycles. The van der Waals surface area contributed by atoms with Gasteiger partial charge in [-0.15, -0.1) is 22.9 Å². The molecule has 106 valence electrons. The van der Waals surface area contributed by atoms with E-state index in [1.807, 2.05) is 0 Å². The summed E-state index contributed by atoms with van der Waals surface area (Å²) in [7, 11) is -3.61. The number of halogens is 1. The van der Waals surface area contributed by atoms with Crippen molar-refractivity contribution in [3.63, 3.8) is 0 Å². The number of thiazole rings is 1. The standard InChI is InChI=1S/C10H8ClN3O4S2/c11-6-20(17,18)13-10-12-9(5-19-10)7-2-1-3-8(4-7)14(15)16/h1-5H,6H2,(H,12,13).